The van der Waals surface area contributed by atoms with Crippen molar-refractivity contribution in [3.05, 3.63) is 15.9 Å². The molecule has 6 heteroatoms. The quantitative estimate of drug-likeness (QED) is 0.809. The van der Waals surface area contributed by atoms with E-state index in [0.29, 0.717) is 12.5 Å². The Morgan fingerprint density at radius 3 is 2.31 bits per heavy atom. The molecule has 0 atom stereocenters. The predicted molar refractivity (Wildman–Crippen MR) is 58.8 cm³/mol. The molecule has 0 bridgehead atoms. The van der Waals surface area contributed by atoms with E-state index in [2.05, 4.69) is 5.10 Å². The molecule has 2 nitrogen and oxygen atoms in total. The van der Waals surface area contributed by atoms with Crippen LogP contribution in [-0.2, 0) is 12.7 Å². The smallest absolute Gasteiger partial charge is 0.293 e. The van der Waals surface area contributed by atoms with Gasteiger partial charge in [-0.2, -0.15) is 13.2 Å². The van der Waals surface area contributed by atoms with E-state index in [1.165, 1.54) is 11.6 Å². The number of H-pyrrole nitrogens is 1. The molecule has 0 aliphatic heterocycles. The Balaban J connectivity index is 3.01. The maximum absolute atomic E-state index is 12.6. The summed E-state index contributed by atoms with van der Waals surface area (Å²) in [4.78, 5) is 0. The molecule has 92 valence electrons. The van der Waals surface area contributed by atoms with Gasteiger partial charge < -0.3 is 0 Å². The molecule has 1 heterocycles. The summed E-state index contributed by atoms with van der Waals surface area (Å²) in [7, 11) is 0. The first-order valence-corrected chi connectivity index (χ1v) is 5.51. The summed E-state index contributed by atoms with van der Waals surface area (Å²) in [6.07, 6.45) is -3.56. The fraction of sp³-hybridized carbons (Fsp3) is 0.700. The highest BCUT2D eigenvalue weighted by Gasteiger charge is 2.35. The van der Waals surface area contributed by atoms with Crippen molar-refractivity contribution in [1.29, 1.82) is 0 Å². The Hall–Kier alpha value is -0.780. The minimum atomic E-state index is -4.36. The number of aromatic amines is 1. The maximum atomic E-state index is 12.6. The molecule has 0 spiro atoms. The number of aromatic nitrogens is 2. The third-order valence-corrected chi connectivity index (χ3v) is 2.93. The summed E-state index contributed by atoms with van der Waals surface area (Å²) >= 11 is 4.97. The Bertz CT molecular complexity index is 415. The van der Waals surface area contributed by atoms with Crippen LogP contribution in [0.5, 0.6) is 0 Å². The molecule has 1 N–H and O–H groups in total. The fourth-order valence-corrected chi connectivity index (χ4v) is 1.64. The van der Waals surface area contributed by atoms with Gasteiger partial charge in [-0.05, 0) is 19.3 Å². The number of alkyl halides is 3. The molecule has 0 aliphatic carbocycles. The lowest BCUT2D eigenvalue weighted by Gasteiger charge is -2.06. The number of aryl methyl sites for hydroxylation is 1. The van der Waals surface area contributed by atoms with Crippen molar-refractivity contribution in [3.63, 3.8) is 0 Å². The molecular formula is C10H15F3N2S. The van der Waals surface area contributed by atoms with E-state index >= 15 is 0 Å². The maximum Gasteiger partial charge on any atom is 0.433 e. The molecule has 0 saturated carbocycles. The normalized spacial score (nSPS) is 12.4. The van der Waals surface area contributed by atoms with Gasteiger partial charge in [0, 0.05) is 12.1 Å². The van der Waals surface area contributed by atoms with Gasteiger partial charge in [-0.3, -0.25) is 9.78 Å². The highest BCUT2D eigenvalue weighted by Crippen LogP contribution is 2.30. The van der Waals surface area contributed by atoms with Gasteiger partial charge in [-0.15, -0.1) is 0 Å². The van der Waals surface area contributed by atoms with Gasteiger partial charge >= 0.3 is 6.18 Å². The molecule has 1 aromatic rings. The van der Waals surface area contributed by atoms with Crippen LogP contribution >= 0.6 is 12.2 Å². The second-order valence-corrected chi connectivity index (χ2v) is 4.64. The van der Waals surface area contributed by atoms with Gasteiger partial charge in [0.05, 0.1) is 0 Å². The second kappa shape index (κ2) is 4.61. The Morgan fingerprint density at radius 1 is 1.38 bits per heavy atom. The van der Waals surface area contributed by atoms with E-state index < -0.39 is 11.9 Å². The van der Waals surface area contributed by atoms with Crippen LogP contribution in [-0.4, -0.2) is 9.78 Å². The van der Waals surface area contributed by atoms with Crippen molar-refractivity contribution < 1.29 is 13.2 Å². The van der Waals surface area contributed by atoms with Crippen LogP contribution in [0.25, 0.3) is 0 Å². The van der Waals surface area contributed by atoms with Crippen LogP contribution in [0, 0.1) is 17.5 Å². The van der Waals surface area contributed by atoms with Crippen molar-refractivity contribution in [2.24, 2.45) is 5.92 Å². The van der Waals surface area contributed by atoms with Gasteiger partial charge in [-0.25, -0.2) is 0 Å². The molecule has 0 amide bonds. The van der Waals surface area contributed by atoms with E-state index in [1.807, 2.05) is 13.8 Å². The zero-order chi connectivity index (χ0) is 12.5. The van der Waals surface area contributed by atoms with E-state index in [9.17, 15) is 13.2 Å². The molecule has 16 heavy (non-hydrogen) atoms. The third-order valence-electron chi connectivity index (χ3n) is 2.40. The van der Waals surface area contributed by atoms with E-state index in [4.69, 9.17) is 12.2 Å². The Morgan fingerprint density at radius 2 is 1.94 bits per heavy atom. The van der Waals surface area contributed by atoms with Crippen molar-refractivity contribution in [2.75, 3.05) is 0 Å². The standard InChI is InChI=1S/C10H15F3N2S/c1-6(2)4-5-15-9(16)7(3)8(14-15)10(11,12)13/h6,14H,4-5H2,1-3H3. The lowest BCUT2D eigenvalue weighted by Crippen LogP contribution is -2.09. The predicted octanol–water partition coefficient (Wildman–Crippen LogP) is 3.92. The lowest BCUT2D eigenvalue weighted by atomic mass is 10.1. The van der Waals surface area contributed by atoms with Gasteiger partial charge in [0.2, 0.25) is 0 Å². The monoisotopic (exact) mass is 252 g/mol. The number of halogens is 3. The number of nitrogens with zero attached hydrogens (tertiary/aromatic N) is 1. The van der Waals surface area contributed by atoms with Crippen molar-refractivity contribution in [3.8, 4) is 0 Å². The molecule has 0 saturated heterocycles. The van der Waals surface area contributed by atoms with Crippen LogP contribution in [0.2, 0.25) is 0 Å². The van der Waals surface area contributed by atoms with Crippen molar-refractivity contribution >= 4 is 12.2 Å². The van der Waals surface area contributed by atoms with Crippen molar-refractivity contribution in [1.82, 2.24) is 9.78 Å². The summed E-state index contributed by atoms with van der Waals surface area (Å²) in [5.41, 5.74) is -0.632. The van der Waals surface area contributed by atoms with Gasteiger partial charge in [0.25, 0.3) is 0 Å². The first kappa shape index (κ1) is 13.3. The summed E-state index contributed by atoms with van der Waals surface area (Å²) in [6.45, 7) is 5.93. The topological polar surface area (TPSA) is 20.7 Å². The van der Waals surface area contributed by atoms with Crippen LogP contribution in [0.4, 0.5) is 13.2 Å². The number of hydrogen-bond acceptors (Lipinski definition) is 1. The van der Waals surface area contributed by atoms with E-state index in [0.717, 1.165) is 6.42 Å². The number of nitrogens with one attached hydrogen (secondary N) is 1. The largest absolute Gasteiger partial charge is 0.433 e. The van der Waals surface area contributed by atoms with E-state index in [1.54, 1.807) is 0 Å². The summed E-state index contributed by atoms with van der Waals surface area (Å²) in [5.74, 6) is 0.430. The summed E-state index contributed by atoms with van der Waals surface area (Å²) < 4.78 is 39.3. The lowest BCUT2D eigenvalue weighted by molar-refractivity contribution is -0.141. The fourth-order valence-electron chi connectivity index (χ4n) is 1.40. The number of hydrogen-bond donors (Lipinski definition) is 1. The summed E-state index contributed by atoms with van der Waals surface area (Å²) in [5, 5.41) is 2.33. The van der Waals surface area contributed by atoms with Gasteiger partial charge in [-0.1, -0.05) is 26.1 Å². The van der Waals surface area contributed by atoms with Crippen molar-refractivity contribution in [2.45, 2.75) is 39.9 Å². The van der Waals surface area contributed by atoms with Crippen LogP contribution in [0.1, 0.15) is 31.5 Å². The highest BCUT2D eigenvalue weighted by molar-refractivity contribution is 7.71. The second-order valence-electron chi connectivity index (χ2n) is 4.25. The molecule has 0 aromatic carbocycles. The minimum absolute atomic E-state index is 0.103. The SMILES string of the molecule is Cc1c(C(F)(F)F)[nH]n(CCC(C)C)c1=S. The van der Waals surface area contributed by atoms with Crippen LogP contribution in [0.15, 0.2) is 0 Å². The first-order chi connectivity index (χ1) is 7.23. The van der Waals surface area contributed by atoms with E-state index in [-0.39, 0.29) is 10.2 Å². The highest BCUT2D eigenvalue weighted by atomic mass is 32.1. The van der Waals surface area contributed by atoms with Crippen LogP contribution < -0.4 is 0 Å². The summed E-state index contributed by atoms with van der Waals surface area (Å²) in [6, 6.07) is 0. The zero-order valence-electron chi connectivity index (χ0n) is 9.48. The first-order valence-electron chi connectivity index (χ1n) is 5.10. The van der Waals surface area contributed by atoms with Gasteiger partial charge in [0.1, 0.15) is 10.3 Å². The van der Waals surface area contributed by atoms with Crippen LogP contribution in [0.3, 0.4) is 0 Å². The Kier molecular flexibility index (Phi) is 3.83. The molecular weight excluding hydrogens is 237 g/mol. The average Bonchev–Trinajstić information content (AvgIpc) is 2.40. The third kappa shape index (κ3) is 2.87. The Labute approximate surface area is 97.4 Å². The number of rotatable bonds is 3. The molecule has 1 aromatic heterocycles. The molecule has 0 unspecified atom stereocenters. The molecule has 0 fully saturated rings. The molecule has 0 aliphatic rings. The van der Waals surface area contributed by atoms with Gasteiger partial charge in [0.15, 0.2) is 0 Å². The minimum Gasteiger partial charge on any atom is -0.293 e. The molecule has 1 rings (SSSR count). The zero-order valence-corrected chi connectivity index (χ0v) is 10.3. The average molecular weight is 252 g/mol. The molecule has 0 radical (unpaired) electrons.